The van der Waals surface area contributed by atoms with E-state index in [-0.39, 0.29) is 11.6 Å². The number of urea groups is 1. The topological polar surface area (TPSA) is 95.5 Å². The van der Waals surface area contributed by atoms with Crippen molar-refractivity contribution in [3.8, 4) is 0 Å². The minimum absolute atomic E-state index is 0.225. The molecule has 0 unspecified atom stereocenters. The average molecular weight is 479 g/mol. The summed E-state index contributed by atoms with van der Waals surface area (Å²) in [7, 11) is 0. The predicted molar refractivity (Wildman–Crippen MR) is 128 cm³/mol. The van der Waals surface area contributed by atoms with Gasteiger partial charge in [0.05, 0.1) is 17.8 Å². The Morgan fingerprint density at radius 3 is 2.34 bits per heavy atom. The molecule has 1 aliphatic rings. The molecule has 0 saturated heterocycles. The molecular weight excluding hydrogens is 459 g/mol. The number of benzene rings is 2. The van der Waals surface area contributed by atoms with Gasteiger partial charge in [-0.15, -0.1) is 0 Å². The summed E-state index contributed by atoms with van der Waals surface area (Å²) in [5, 5.41) is 7.85. The molecule has 0 bridgehead atoms. The molecule has 7 nitrogen and oxygen atoms in total. The van der Waals surface area contributed by atoms with Crippen LogP contribution in [0.4, 0.5) is 35.2 Å². The molecule has 178 valence electrons. The maximum atomic E-state index is 12.7. The lowest BCUT2D eigenvalue weighted by molar-refractivity contribution is -0.137. The summed E-state index contributed by atoms with van der Waals surface area (Å²) in [5.41, 5.74) is 3.09. The number of aromatic nitrogens is 1. The first-order valence-electron chi connectivity index (χ1n) is 10.5. The molecule has 3 amide bonds. The number of aliphatic imine (C=N–C) groups is 1. The third-order valence-corrected chi connectivity index (χ3v) is 5.04. The van der Waals surface area contributed by atoms with Crippen LogP contribution in [0.25, 0.3) is 5.57 Å². The van der Waals surface area contributed by atoms with Crippen LogP contribution in [0.15, 0.2) is 77.9 Å². The summed E-state index contributed by atoms with van der Waals surface area (Å²) < 4.78 is 38.1. The van der Waals surface area contributed by atoms with E-state index in [1.165, 1.54) is 19.1 Å². The number of pyridine rings is 1. The van der Waals surface area contributed by atoms with Gasteiger partial charge in [-0.05, 0) is 54.1 Å². The lowest BCUT2D eigenvalue weighted by Crippen LogP contribution is -2.19. The number of alkyl halides is 3. The molecule has 0 spiro atoms. The highest BCUT2D eigenvalue weighted by Crippen LogP contribution is 2.30. The van der Waals surface area contributed by atoms with E-state index < -0.39 is 17.8 Å². The van der Waals surface area contributed by atoms with Gasteiger partial charge in [0.25, 0.3) is 0 Å². The molecule has 0 aliphatic carbocycles. The standard InChI is InChI=1S/C25H20F3N5O2/c1-15(34)31-22-14-16(9-11-29-22)21-10-12-30-23(21)17-3-2-4-20(13-17)33-24(35)32-19-7-5-18(6-8-19)25(26,27)28/h2-11,13-14H,12H2,1H3,(H,29,31,34)(H2,32,33,35). The third-order valence-electron chi connectivity index (χ3n) is 5.04. The zero-order chi connectivity index (χ0) is 25.0. The Morgan fingerprint density at radius 2 is 1.63 bits per heavy atom. The second-order valence-electron chi connectivity index (χ2n) is 7.65. The number of rotatable bonds is 5. The number of amides is 3. The van der Waals surface area contributed by atoms with Crippen LogP contribution in [0.2, 0.25) is 0 Å². The van der Waals surface area contributed by atoms with Crippen molar-refractivity contribution in [1.82, 2.24) is 4.98 Å². The van der Waals surface area contributed by atoms with E-state index in [0.717, 1.165) is 34.5 Å². The molecule has 0 fully saturated rings. The first kappa shape index (κ1) is 23.7. The Kier molecular flexibility index (Phi) is 6.63. The minimum atomic E-state index is -4.45. The number of halogens is 3. The Labute approximate surface area is 198 Å². The second-order valence-corrected chi connectivity index (χ2v) is 7.65. The van der Waals surface area contributed by atoms with Gasteiger partial charge in [0.1, 0.15) is 5.82 Å². The maximum Gasteiger partial charge on any atom is 0.416 e. The fraction of sp³-hybridized carbons (Fsp3) is 0.120. The van der Waals surface area contributed by atoms with Crippen LogP contribution in [0.5, 0.6) is 0 Å². The highest BCUT2D eigenvalue weighted by Gasteiger charge is 2.30. The van der Waals surface area contributed by atoms with Crippen LogP contribution in [0.1, 0.15) is 23.6 Å². The van der Waals surface area contributed by atoms with E-state index in [9.17, 15) is 22.8 Å². The highest BCUT2D eigenvalue weighted by molar-refractivity contribution is 6.33. The smallest absolute Gasteiger partial charge is 0.311 e. The van der Waals surface area contributed by atoms with Crippen LogP contribution in [-0.2, 0) is 11.0 Å². The third kappa shape index (κ3) is 5.91. The zero-order valence-corrected chi connectivity index (χ0v) is 18.5. The van der Waals surface area contributed by atoms with Gasteiger partial charge in [0.2, 0.25) is 5.91 Å². The molecule has 0 radical (unpaired) electrons. The molecular formula is C25H20F3N5O2. The average Bonchev–Trinajstić information content (AvgIpc) is 3.29. The van der Waals surface area contributed by atoms with Gasteiger partial charge in [-0.1, -0.05) is 18.2 Å². The van der Waals surface area contributed by atoms with Crippen LogP contribution >= 0.6 is 0 Å². The largest absolute Gasteiger partial charge is 0.416 e. The van der Waals surface area contributed by atoms with E-state index >= 15 is 0 Å². The van der Waals surface area contributed by atoms with E-state index in [4.69, 9.17) is 0 Å². The van der Waals surface area contributed by atoms with Crippen molar-refractivity contribution in [2.45, 2.75) is 13.1 Å². The van der Waals surface area contributed by atoms with Gasteiger partial charge in [0.15, 0.2) is 0 Å². The second kappa shape index (κ2) is 9.80. The van der Waals surface area contributed by atoms with Crippen LogP contribution in [-0.4, -0.2) is 29.2 Å². The molecule has 10 heteroatoms. The van der Waals surface area contributed by atoms with E-state index in [1.807, 2.05) is 18.2 Å². The van der Waals surface area contributed by atoms with E-state index in [2.05, 4.69) is 25.9 Å². The summed E-state index contributed by atoms with van der Waals surface area (Å²) >= 11 is 0. The lowest BCUT2D eigenvalue weighted by atomic mass is 9.97. The summed E-state index contributed by atoms with van der Waals surface area (Å²) in [6.07, 6.45) is -0.889. The fourth-order valence-corrected chi connectivity index (χ4v) is 3.54. The van der Waals surface area contributed by atoms with Crippen LogP contribution < -0.4 is 16.0 Å². The number of nitrogens with zero attached hydrogens (tertiary/aromatic N) is 2. The van der Waals surface area contributed by atoms with Crippen molar-refractivity contribution in [3.63, 3.8) is 0 Å². The first-order valence-corrected chi connectivity index (χ1v) is 10.5. The zero-order valence-electron chi connectivity index (χ0n) is 18.5. The number of nitrogens with one attached hydrogen (secondary N) is 3. The van der Waals surface area contributed by atoms with E-state index in [1.54, 1.807) is 30.5 Å². The lowest BCUT2D eigenvalue weighted by Gasteiger charge is -2.12. The van der Waals surface area contributed by atoms with E-state index in [0.29, 0.717) is 18.1 Å². The molecule has 3 N–H and O–H groups in total. The van der Waals surface area contributed by atoms with Crippen LogP contribution in [0.3, 0.4) is 0 Å². The number of hydrogen-bond acceptors (Lipinski definition) is 4. The van der Waals surface area contributed by atoms with Crippen molar-refractivity contribution >= 4 is 40.4 Å². The molecule has 0 atom stereocenters. The van der Waals surface area contributed by atoms with Crippen molar-refractivity contribution < 1.29 is 22.8 Å². The normalized spacial score (nSPS) is 13.0. The minimum Gasteiger partial charge on any atom is -0.311 e. The molecule has 4 rings (SSSR count). The Bertz CT molecular complexity index is 1330. The molecule has 35 heavy (non-hydrogen) atoms. The molecule has 0 saturated carbocycles. The number of allylic oxidation sites excluding steroid dienone is 1. The van der Waals surface area contributed by atoms with Crippen molar-refractivity contribution in [1.29, 1.82) is 0 Å². The predicted octanol–water partition coefficient (Wildman–Crippen LogP) is 5.59. The Hall–Kier alpha value is -4.47. The van der Waals surface area contributed by atoms with Gasteiger partial charge in [-0.3, -0.25) is 9.79 Å². The van der Waals surface area contributed by atoms with Gasteiger partial charge < -0.3 is 16.0 Å². The quantitative estimate of drug-likeness (QED) is 0.445. The van der Waals surface area contributed by atoms with Crippen molar-refractivity contribution in [2.24, 2.45) is 4.99 Å². The first-order chi connectivity index (χ1) is 16.7. The fourth-order valence-electron chi connectivity index (χ4n) is 3.54. The summed E-state index contributed by atoms with van der Waals surface area (Å²) in [5.74, 6) is 0.204. The Balaban J connectivity index is 1.46. The molecule has 1 aliphatic heterocycles. The number of hydrogen-bond donors (Lipinski definition) is 3. The number of carbonyl (C=O) groups is 2. The molecule has 2 aromatic carbocycles. The highest BCUT2D eigenvalue weighted by atomic mass is 19.4. The monoisotopic (exact) mass is 479 g/mol. The van der Waals surface area contributed by atoms with Gasteiger partial charge in [-0.2, -0.15) is 13.2 Å². The van der Waals surface area contributed by atoms with Gasteiger partial charge >= 0.3 is 12.2 Å². The van der Waals surface area contributed by atoms with Crippen molar-refractivity contribution in [3.05, 3.63) is 89.6 Å². The van der Waals surface area contributed by atoms with Gasteiger partial charge in [0, 0.05) is 35.6 Å². The van der Waals surface area contributed by atoms with Crippen molar-refractivity contribution in [2.75, 3.05) is 22.5 Å². The van der Waals surface area contributed by atoms with Gasteiger partial charge in [-0.25, -0.2) is 9.78 Å². The van der Waals surface area contributed by atoms with Crippen LogP contribution in [0, 0.1) is 0 Å². The Morgan fingerprint density at radius 1 is 0.886 bits per heavy atom. The number of anilines is 3. The number of carbonyl (C=O) groups excluding carboxylic acids is 2. The SMILES string of the molecule is CC(=O)Nc1cc(C2=CCN=C2c2cccc(NC(=O)Nc3ccc(C(F)(F)F)cc3)c2)ccn1. The molecule has 1 aromatic heterocycles. The maximum absolute atomic E-state index is 12.7. The summed E-state index contributed by atoms with van der Waals surface area (Å²) in [6.45, 7) is 1.89. The summed E-state index contributed by atoms with van der Waals surface area (Å²) in [6, 6.07) is 14.2. The summed E-state index contributed by atoms with van der Waals surface area (Å²) in [4.78, 5) is 32.4. The molecule has 2 heterocycles. The molecule has 3 aromatic rings.